The number of nitrogens with one attached hydrogen (secondary N) is 2. The van der Waals surface area contributed by atoms with Gasteiger partial charge in [0.1, 0.15) is 17.5 Å². The van der Waals surface area contributed by atoms with Gasteiger partial charge in [-0.1, -0.05) is 0 Å². The van der Waals surface area contributed by atoms with Crippen LogP contribution in [0.15, 0.2) is 60.7 Å². The first-order chi connectivity index (χ1) is 23.8. The summed E-state index contributed by atoms with van der Waals surface area (Å²) in [5.41, 5.74) is -1.23. The Bertz CT molecular complexity index is 2010. The van der Waals surface area contributed by atoms with Crippen LogP contribution in [-0.2, 0) is 17.4 Å². The van der Waals surface area contributed by atoms with E-state index in [-0.39, 0.29) is 53.9 Å². The van der Waals surface area contributed by atoms with Crippen LogP contribution in [0.2, 0.25) is 0 Å². The number of benzene rings is 3. The van der Waals surface area contributed by atoms with E-state index in [0.717, 1.165) is 4.68 Å². The Morgan fingerprint density at radius 1 is 1.00 bits per heavy atom. The summed E-state index contributed by atoms with van der Waals surface area (Å²) in [6, 6.07) is 13.8. The van der Waals surface area contributed by atoms with Gasteiger partial charge < -0.3 is 34.6 Å². The maximum absolute atomic E-state index is 14.3. The van der Waals surface area contributed by atoms with Crippen molar-refractivity contribution in [2.24, 2.45) is 0 Å². The van der Waals surface area contributed by atoms with Crippen LogP contribution in [0.4, 0.5) is 24.5 Å². The number of halogens is 3. The van der Waals surface area contributed by atoms with Crippen molar-refractivity contribution >= 4 is 35.0 Å². The van der Waals surface area contributed by atoms with Crippen molar-refractivity contribution in [3.8, 4) is 22.9 Å². The highest BCUT2D eigenvalue weighted by Crippen LogP contribution is 2.38. The van der Waals surface area contributed by atoms with Crippen molar-refractivity contribution in [2.75, 3.05) is 44.8 Å². The van der Waals surface area contributed by atoms with Gasteiger partial charge in [0.2, 0.25) is 12.7 Å². The van der Waals surface area contributed by atoms with Gasteiger partial charge in [0.15, 0.2) is 17.2 Å². The number of alkyl halides is 3. The zero-order valence-electron chi connectivity index (χ0n) is 27.3. The van der Waals surface area contributed by atoms with Gasteiger partial charge >= 0.3 is 6.18 Å². The number of rotatable bonds is 8. The summed E-state index contributed by atoms with van der Waals surface area (Å²) in [5, 5.41) is 9.07. The number of amides is 4. The Labute approximate surface area is 283 Å². The van der Waals surface area contributed by atoms with Crippen molar-refractivity contribution < 1.29 is 46.6 Å². The first-order valence-corrected chi connectivity index (χ1v) is 15.3. The topological polar surface area (TPSA) is 144 Å². The molecule has 0 radical (unpaired) electrons. The van der Waals surface area contributed by atoms with Crippen LogP contribution in [0.3, 0.4) is 0 Å². The molecule has 50 heavy (non-hydrogen) atoms. The predicted octanol–water partition coefficient (Wildman–Crippen LogP) is 4.29. The van der Waals surface area contributed by atoms with Crippen LogP contribution in [-0.4, -0.2) is 78.9 Å². The molecule has 1 atom stereocenters. The molecule has 6 rings (SSSR count). The number of methoxy groups -OCH3 is 1. The molecule has 0 fully saturated rings. The standard InChI is InChI=1S/C34H31F3N6O7/c1-18(30(44)39-20-7-12-26-27(15-20)50-17-49-26)38-31(45)24-16-22(48-4)10-11-25(24)43-28-23(29(40-43)34(35,36)37)13-14-42(33(28)47)21-8-5-19(6-9-21)32(46)41(2)3/h5-12,15-16,18H,13-14,17H2,1-4H3,(H,38,45)(H,39,44)/t18-/m1/s1. The van der Waals surface area contributed by atoms with Crippen molar-refractivity contribution in [3.05, 3.63) is 88.7 Å². The SMILES string of the molecule is COc1ccc(-n2nc(C(F)(F)F)c3c2C(=O)N(c2ccc(C(=O)N(C)C)cc2)CC3)c(C(=O)N[C@H](C)C(=O)Nc2ccc3c(c2)OCO3)c1. The van der Waals surface area contributed by atoms with Gasteiger partial charge in [-0.05, 0) is 67.9 Å². The van der Waals surface area contributed by atoms with Gasteiger partial charge in [0, 0.05) is 49.2 Å². The average molecular weight is 693 g/mol. The summed E-state index contributed by atoms with van der Waals surface area (Å²) in [7, 11) is 4.53. The van der Waals surface area contributed by atoms with Crippen LogP contribution in [0.5, 0.6) is 17.2 Å². The Morgan fingerprint density at radius 3 is 2.40 bits per heavy atom. The third-order valence-corrected chi connectivity index (χ3v) is 8.17. The molecular formula is C34H31F3N6O7. The van der Waals surface area contributed by atoms with E-state index in [2.05, 4.69) is 15.7 Å². The number of nitrogens with zero attached hydrogens (tertiary/aromatic N) is 4. The van der Waals surface area contributed by atoms with E-state index >= 15 is 0 Å². The smallest absolute Gasteiger partial charge is 0.435 e. The lowest BCUT2D eigenvalue weighted by molar-refractivity contribution is -0.142. The quantitative estimate of drug-likeness (QED) is 0.279. The fourth-order valence-electron chi connectivity index (χ4n) is 5.62. The minimum Gasteiger partial charge on any atom is -0.497 e. The van der Waals surface area contributed by atoms with E-state index in [9.17, 15) is 32.3 Å². The van der Waals surface area contributed by atoms with Crippen LogP contribution in [0, 0.1) is 0 Å². The molecule has 0 saturated carbocycles. The number of carbonyl (C=O) groups excluding carboxylic acids is 4. The highest BCUT2D eigenvalue weighted by Gasteiger charge is 2.44. The average Bonchev–Trinajstić information content (AvgIpc) is 3.73. The van der Waals surface area contributed by atoms with Crippen molar-refractivity contribution in [1.82, 2.24) is 20.0 Å². The van der Waals surface area contributed by atoms with Gasteiger partial charge in [0.25, 0.3) is 17.7 Å². The van der Waals surface area contributed by atoms with Crippen molar-refractivity contribution in [2.45, 2.75) is 25.6 Å². The molecule has 16 heteroatoms. The van der Waals surface area contributed by atoms with Crippen molar-refractivity contribution in [3.63, 3.8) is 0 Å². The van der Waals surface area contributed by atoms with Crippen molar-refractivity contribution in [1.29, 1.82) is 0 Å². The molecule has 2 aliphatic rings. The summed E-state index contributed by atoms with van der Waals surface area (Å²) in [6.07, 6.45) is -5.11. The highest BCUT2D eigenvalue weighted by atomic mass is 19.4. The summed E-state index contributed by atoms with van der Waals surface area (Å²) in [5.74, 6) is -1.35. The minimum atomic E-state index is -4.91. The lowest BCUT2D eigenvalue weighted by atomic mass is 10.0. The monoisotopic (exact) mass is 692 g/mol. The third kappa shape index (κ3) is 6.38. The fourth-order valence-corrected chi connectivity index (χ4v) is 5.62. The molecule has 3 heterocycles. The fraction of sp³-hybridized carbons (Fsp3) is 0.265. The molecule has 4 amide bonds. The maximum Gasteiger partial charge on any atom is 0.435 e. The van der Waals surface area contributed by atoms with Crippen LogP contribution in [0.25, 0.3) is 5.69 Å². The van der Waals surface area contributed by atoms with E-state index in [1.807, 2.05) is 0 Å². The summed E-state index contributed by atoms with van der Waals surface area (Å²) < 4.78 is 59.7. The van der Waals surface area contributed by atoms with Gasteiger partial charge in [0.05, 0.1) is 18.4 Å². The molecule has 2 N–H and O–H groups in total. The Kier molecular flexibility index (Phi) is 8.86. The number of fused-ring (bicyclic) bond motifs is 2. The van der Waals surface area contributed by atoms with E-state index in [1.165, 1.54) is 66.3 Å². The number of hydrogen-bond acceptors (Lipinski definition) is 8. The Morgan fingerprint density at radius 2 is 1.72 bits per heavy atom. The van der Waals surface area contributed by atoms with E-state index < -0.39 is 35.6 Å². The Balaban J connectivity index is 1.33. The molecule has 0 spiro atoms. The molecule has 0 saturated heterocycles. The first kappa shape index (κ1) is 33.8. The third-order valence-electron chi connectivity index (χ3n) is 8.17. The summed E-state index contributed by atoms with van der Waals surface area (Å²) in [4.78, 5) is 55.8. The van der Waals surface area contributed by atoms with E-state index in [4.69, 9.17) is 14.2 Å². The number of hydrogen-bond donors (Lipinski definition) is 2. The van der Waals surface area contributed by atoms with Gasteiger partial charge in [-0.15, -0.1) is 0 Å². The molecule has 0 unspecified atom stereocenters. The van der Waals surface area contributed by atoms with Gasteiger partial charge in [-0.3, -0.25) is 19.2 Å². The molecule has 1 aromatic heterocycles. The highest BCUT2D eigenvalue weighted by molar-refractivity contribution is 6.09. The minimum absolute atomic E-state index is 0.0436. The molecule has 0 bridgehead atoms. The van der Waals surface area contributed by atoms with Crippen LogP contribution in [0.1, 0.15) is 49.4 Å². The van der Waals surface area contributed by atoms with Gasteiger partial charge in [-0.2, -0.15) is 18.3 Å². The zero-order chi connectivity index (χ0) is 35.9. The molecule has 0 aliphatic carbocycles. The first-order valence-electron chi connectivity index (χ1n) is 15.3. The number of anilines is 2. The second kappa shape index (κ2) is 13.1. The second-order valence-corrected chi connectivity index (χ2v) is 11.7. The second-order valence-electron chi connectivity index (χ2n) is 11.7. The molecule has 3 aromatic carbocycles. The van der Waals surface area contributed by atoms with E-state index in [1.54, 1.807) is 32.3 Å². The molecule has 260 valence electrons. The maximum atomic E-state index is 14.3. The summed E-state index contributed by atoms with van der Waals surface area (Å²) in [6.45, 7) is 1.38. The van der Waals surface area contributed by atoms with Gasteiger partial charge in [-0.25, -0.2) is 4.68 Å². The van der Waals surface area contributed by atoms with Crippen LogP contribution >= 0.6 is 0 Å². The molecule has 4 aromatic rings. The normalized spacial score (nSPS) is 14.1. The molecule has 13 nitrogen and oxygen atoms in total. The number of carbonyl (C=O) groups is 4. The Hall–Kier alpha value is -6.06. The predicted molar refractivity (Wildman–Crippen MR) is 173 cm³/mol. The molecular weight excluding hydrogens is 661 g/mol. The lowest BCUT2D eigenvalue weighted by Gasteiger charge is -2.28. The zero-order valence-corrected chi connectivity index (χ0v) is 27.3. The number of ether oxygens (including phenoxy) is 3. The molecule has 2 aliphatic heterocycles. The lowest BCUT2D eigenvalue weighted by Crippen LogP contribution is -2.42. The number of aromatic nitrogens is 2. The largest absolute Gasteiger partial charge is 0.497 e. The summed E-state index contributed by atoms with van der Waals surface area (Å²) >= 11 is 0. The van der Waals surface area contributed by atoms with Crippen LogP contribution < -0.4 is 29.7 Å². The van der Waals surface area contributed by atoms with E-state index in [0.29, 0.717) is 28.4 Å².